The average molecular weight is 261 g/mol. The number of aryl methyl sites for hydroxylation is 1. The molecule has 0 aliphatic heterocycles. The van der Waals surface area contributed by atoms with Crippen LogP contribution in [0.4, 0.5) is 0 Å². The van der Waals surface area contributed by atoms with E-state index in [0.717, 1.165) is 30.4 Å². The number of rotatable bonds is 3. The van der Waals surface area contributed by atoms with Crippen molar-refractivity contribution in [1.82, 2.24) is 0 Å². The number of hydrogen-bond acceptors (Lipinski definition) is 2. The molecule has 1 atom stereocenters. The zero-order chi connectivity index (χ0) is 14.4. The van der Waals surface area contributed by atoms with Crippen LogP contribution in [0.25, 0.3) is 0 Å². The van der Waals surface area contributed by atoms with E-state index in [9.17, 15) is 5.11 Å². The molecule has 2 heteroatoms. The molecule has 0 saturated heterocycles. The zero-order valence-corrected chi connectivity index (χ0v) is 12.9. The van der Waals surface area contributed by atoms with E-state index in [1.807, 2.05) is 0 Å². The monoisotopic (exact) mass is 261 g/mol. The first kappa shape index (κ1) is 14.4. The van der Waals surface area contributed by atoms with Crippen LogP contribution in [0, 0.1) is 0 Å². The molecule has 0 aromatic heterocycles. The van der Waals surface area contributed by atoms with Gasteiger partial charge >= 0.3 is 0 Å². The topological polar surface area (TPSA) is 46.2 Å². The molecule has 2 rings (SSSR count). The van der Waals surface area contributed by atoms with Crippen molar-refractivity contribution in [2.24, 2.45) is 5.73 Å². The molecule has 0 radical (unpaired) electrons. The van der Waals surface area contributed by atoms with Gasteiger partial charge in [0.2, 0.25) is 0 Å². The van der Waals surface area contributed by atoms with Crippen molar-refractivity contribution >= 4 is 0 Å². The summed E-state index contributed by atoms with van der Waals surface area (Å²) in [6.07, 6.45) is 3.18. The Labute approximate surface area is 117 Å². The Morgan fingerprint density at radius 1 is 1.32 bits per heavy atom. The van der Waals surface area contributed by atoms with Gasteiger partial charge in [-0.3, -0.25) is 0 Å². The molecule has 1 aliphatic rings. The van der Waals surface area contributed by atoms with Gasteiger partial charge < -0.3 is 10.8 Å². The van der Waals surface area contributed by atoms with E-state index < -0.39 is 0 Å². The first-order valence-corrected chi connectivity index (χ1v) is 7.35. The number of benzene rings is 1. The predicted molar refractivity (Wildman–Crippen MR) is 80.7 cm³/mol. The molecular weight excluding hydrogens is 234 g/mol. The molecule has 0 bridgehead atoms. The van der Waals surface area contributed by atoms with Gasteiger partial charge in [-0.05, 0) is 42.7 Å². The zero-order valence-electron chi connectivity index (χ0n) is 12.9. The SMILES string of the molecule is CCc1cc(C(C)(C)C)c(O)c(C2(C(C)N)CC2)c1. The minimum Gasteiger partial charge on any atom is -0.507 e. The fourth-order valence-electron chi connectivity index (χ4n) is 2.95. The van der Waals surface area contributed by atoms with Crippen molar-refractivity contribution in [3.8, 4) is 5.75 Å². The van der Waals surface area contributed by atoms with Gasteiger partial charge in [-0.2, -0.15) is 0 Å². The normalized spacial score (nSPS) is 19.3. The Bertz CT molecular complexity index is 479. The highest BCUT2D eigenvalue weighted by Crippen LogP contribution is 2.54. The van der Waals surface area contributed by atoms with Crippen molar-refractivity contribution in [2.45, 2.75) is 70.8 Å². The van der Waals surface area contributed by atoms with Crippen LogP contribution >= 0.6 is 0 Å². The highest BCUT2D eigenvalue weighted by molar-refractivity contribution is 5.53. The van der Waals surface area contributed by atoms with Crippen LogP contribution in [0.5, 0.6) is 5.75 Å². The third-order valence-corrected chi connectivity index (χ3v) is 4.58. The second kappa shape index (κ2) is 4.52. The summed E-state index contributed by atoms with van der Waals surface area (Å²) in [5, 5.41) is 10.7. The highest BCUT2D eigenvalue weighted by atomic mass is 16.3. The minimum absolute atomic E-state index is 0.00919. The van der Waals surface area contributed by atoms with Crippen molar-refractivity contribution in [2.75, 3.05) is 0 Å². The summed E-state index contributed by atoms with van der Waals surface area (Å²) in [7, 11) is 0. The van der Waals surface area contributed by atoms with Crippen LogP contribution in [-0.4, -0.2) is 11.1 Å². The largest absolute Gasteiger partial charge is 0.507 e. The Kier molecular flexibility index (Phi) is 3.42. The summed E-state index contributed by atoms with van der Waals surface area (Å²) in [5.41, 5.74) is 9.56. The third kappa shape index (κ3) is 2.38. The predicted octanol–water partition coefficient (Wildman–Crippen LogP) is 3.63. The maximum absolute atomic E-state index is 10.7. The molecular formula is C17H27NO. The lowest BCUT2D eigenvalue weighted by atomic mass is 9.79. The van der Waals surface area contributed by atoms with E-state index in [1.54, 1.807) is 0 Å². The maximum Gasteiger partial charge on any atom is 0.123 e. The number of hydrogen-bond donors (Lipinski definition) is 2. The van der Waals surface area contributed by atoms with Gasteiger partial charge in [0.1, 0.15) is 5.75 Å². The summed E-state index contributed by atoms with van der Waals surface area (Å²) < 4.78 is 0. The molecule has 1 saturated carbocycles. The molecule has 2 nitrogen and oxygen atoms in total. The maximum atomic E-state index is 10.7. The quantitative estimate of drug-likeness (QED) is 0.872. The van der Waals surface area contributed by atoms with Crippen molar-refractivity contribution in [1.29, 1.82) is 0 Å². The van der Waals surface area contributed by atoms with E-state index >= 15 is 0 Å². The third-order valence-electron chi connectivity index (χ3n) is 4.58. The Balaban J connectivity index is 2.62. The molecule has 0 heterocycles. The summed E-state index contributed by atoms with van der Waals surface area (Å²) >= 11 is 0. The molecule has 0 amide bonds. The molecule has 1 aromatic rings. The van der Waals surface area contributed by atoms with Crippen molar-refractivity contribution in [3.05, 3.63) is 28.8 Å². The summed E-state index contributed by atoms with van der Waals surface area (Å²) in [6, 6.07) is 4.41. The lowest BCUT2D eigenvalue weighted by Gasteiger charge is -2.28. The van der Waals surface area contributed by atoms with Crippen molar-refractivity contribution < 1.29 is 5.11 Å². The molecule has 3 N–H and O–H groups in total. The molecule has 106 valence electrons. The Morgan fingerprint density at radius 2 is 1.89 bits per heavy atom. The molecule has 1 unspecified atom stereocenters. The van der Waals surface area contributed by atoms with E-state index in [4.69, 9.17) is 5.73 Å². The number of phenols is 1. The first-order chi connectivity index (χ1) is 8.72. The van der Waals surface area contributed by atoms with E-state index in [-0.39, 0.29) is 16.9 Å². The smallest absolute Gasteiger partial charge is 0.123 e. The second-order valence-corrected chi connectivity index (χ2v) is 7.09. The van der Waals surface area contributed by atoms with Gasteiger partial charge in [0.05, 0.1) is 0 Å². The Morgan fingerprint density at radius 3 is 2.26 bits per heavy atom. The number of nitrogens with two attached hydrogens (primary N) is 1. The van der Waals surface area contributed by atoms with Gasteiger partial charge in [-0.15, -0.1) is 0 Å². The first-order valence-electron chi connectivity index (χ1n) is 7.35. The van der Waals surface area contributed by atoms with E-state index in [0.29, 0.717) is 5.75 Å². The van der Waals surface area contributed by atoms with E-state index in [1.165, 1.54) is 5.56 Å². The van der Waals surface area contributed by atoms with Crippen LogP contribution < -0.4 is 5.73 Å². The molecule has 1 aromatic carbocycles. The second-order valence-electron chi connectivity index (χ2n) is 7.09. The summed E-state index contributed by atoms with van der Waals surface area (Å²) in [6.45, 7) is 10.7. The van der Waals surface area contributed by atoms with Gasteiger partial charge in [0, 0.05) is 17.0 Å². The van der Waals surface area contributed by atoms with Crippen LogP contribution in [0.3, 0.4) is 0 Å². The van der Waals surface area contributed by atoms with Gasteiger partial charge in [-0.25, -0.2) is 0 Å². The van der Waals surface area contributed by atoms with Crippen molar-refractivity contribution in [3.63, 3.8) is 0 Å². The van der Waals surface area contributed by atoms with E-state index in [2.05, 4.69) is 46.8 Å². The summed E-state index contributed by atoms with van der Waals surface area (Å²) in [5.74, 6) is 0.472. The molecule has 1 aliphatic carbocycles. The lowest BCUT2D eigenvalue weighted by Crippen LogP contribution is -2.32. The minimum atomic E-state index is -0.0437. The molecule has 0 spiro atoms. The van der Waals surface area contributed by atoms with Gasteiger partial charge in [0.15, 0.2) is 0 Å². The van der Waals surface area contributed by atoms with Crippen LogP contribution in [0.1, 0.15) is 64.2 Å². The number of aromatic hydroxyl groups is 1. The fourth-order valence-corrected chi connectivity index (χ4v) is 2.95. The number of phenolic OH excluding ortho intramolecular Hbond substituents is 1. The lowest BCUT2D eigenvalue weighted by molar-refractivity contribution is 0.423. The Hall–Kier alpha value is -1.02. The average Bonchev–Trinajstić information content (AvgIpc) is 3.09. The summed E-state index contributed by atoms with van der Waals surface area (Å²) in [4.78, 5) is 0. The van der Waals surface area contributed by atoms with Crippen LogP contribution in [0.15, 0.2) is 12.1 Å². The van der Waals surface area contributed by atoms with Gasteiger partial charge in [0.25, 0.3) is 0 Å². The highest BCUT2D eigenvalue weighted by Gasteiger charge is 2.49. The fraction of sp³-hybridized carbons (Fsp3) is 0.647. The van der Waals surface area contributed by atoms with Gasteiger partial charge in [-0.1, -0.05) is 39.8 Å². The standard InChI is InChI=1S/C17H27NO/c1-6-12-9-13(16(3,4)5)15(19)14(10-12)17(7-8-17)11(2)18/h9-11,19H,6-8,18H2,1-5H3. The van der Waals surface area contributed by atoms with Crippen LogP contribution in [-0.2, 0) is 17.3 Å². The molecule has 1 fully saturated rings. The van der Waals surface area contributed by atoms with Crippen LogP contribution in [0.2, 0.25) is 0 Å². The molecule has 19 heavy (non-hydrogen) atoms.